The highest BCUT2D eigenvalue weighted by atomic mass is 32.2. The van der Waals surface area contributed by atoms with Gasteiger partial charge in [-0.1, -0.05) is 0 Å². The first kappa shape index (κ1) is 14.7. The largest absolute Gasteiger partial charge is 0.465 e. The average Bonchev–Trinajstić information content (AvgIpc) is 3.21. The molecular weight excluding hydrogens is 272 g/mol. The number of carbonyl (C=O) groups excluding carboxylic acids is 1. The van der Waals surface area contributed by atoms with Crippen LogP contribution in [0.15, 0.2) is 0 Å². The standard InChI is InChI=1S/C11H20N2O5S/c1-2-18-11(14)9-13(10-3-4-10)19(15,16)12-5-7-17-8-6-12/h10H,2-9H2,1H3. The van der Waals surface area contributed by atoms with Gasteiger partial charge in [0.1, 0.15) is 6.54 Å². The summed E-state index contributed by atoms with van der Waals surface area (Å²) in [5.41, 5.74) is 0. The first-order valence-electron chi connectivity index (χ1n) is 6.56. The molecule has 0 aromatic rings. The smallest absolute Gasteiger partial charge is 0.321 e. The minimum atomic E-state index is -3.59. The van der Waals surface area contributed by atoms with Gasteiger partial charge in [-0.05, 0) is 19.8 Å². The van der Waals surface area contributed by atoms with Crippen LogP contribution in [0.25, 0.3) is 0 Å². The van der Waals surface area contributed by atoms with E-state index in [0.717, 1.165) is 12.8 Å². The zero-order valence-electron chi connectivity index (χ0n) is 11.1. The molecule has 2 rings (SSSR count). The van der Waals surface area contributed by atoms with Gasteiger partial charge >= 0.3 is 5.97 Å². The van der Waals surface area contributed by atoms with Crippen LogP contribution in [0, 0.1) is 0 Å². The second kappa shape index (κ2) is 6.17. The van der Waals surface area contributed by atoms with Gasteiger partial charge in [0, 0.05) is 19.1 Å². The summed E-state index contributed by atoms with van der Waals surface area (Å²) in [6.07, 6.45) is 1.62. The first-order chi connectivity index (χ1) is 9.05. The van der Waals surface area contributed by atoms with Gasteiger partial charge in [0.25, 0.3) is 10.2 Å². The lowest BCUT2D eigenvalue weighted by Gasteiger charge is -2.31. The number of hydrogen-bond donors (Lipinski definition) is 0. The minimum Gasteiger partial charge on any atom is -0.465 e. The maximum Gasteiger partial charge on any atom is 0.321 e. The zero-order chi connectivity index (χ0) is 13.9. The summed E-state index contributed by atoms with van der Waals surface area (Å²) in [7, 11) is -3.59. The molecule has 2 fully saturated rings. The van der Waals surface area contributed by atoms with E-state index in [1.807, 2.05) is 0 Å². The molecule has 8 heteroatoms. The number of carbonyl (C=O) groups is 1. The summed E-state index contributed by atoms with van der Waals surface area (Å²) in [4.78, 5) is 11.5. The molecule has 0 bridgehead atoms. The summed E-state index contributed by atoms with van der Waals surface area (Å²) >= 11 is 0. The van der Waals surface area contributed by atoms with Gasteiger partial charge in [0.2, 0.25) is 0 Å². The fourth-order valence-electron chi connectivity index (χ4n) is 2.02. The van der Waals surface area contributed by atoms with Crippen molar-refractivity contribution in [1.82, 2.24) is 8.61 Å². The lowest BCUT2D eigenvalue weighted by molar-refractivity contribution is -0.143. The number of esters is 1. The van der Waals surface area contributed by atoms with Crippen molar-refractivity contribution in [2.45, 2.75) is 25.8 Å². The Morgan fingerprint density at radius 3 is 2.53 bits per heavy atom. The molecule has 1 saturated carbocycles. The Morgan fingerprint density at radius 2 is 2.00 bits per heavy atom. The Labute approximate surface area is 113 Å². The van der Waals surface area contributed by atoms with Crippen LogP contribution in [0.4, 0.5) is 0 Å². The Bertz CT molecular complexity index is 415. The second-order valence-corrected chi connectivity index (χ2v) is 6.48. The number of nitrogens with zero attached hydrogens (tertiary/aromatic N) is 2. The lowest BCUT2D eigenvalue weighted by Crippen LogP contribution is -2.50. The molecule has 0 aromatic carbocycles. The molecule has 1 aliphatic heterocycles. The molecule has 0 N–H and O–H groups in total. The molecule has 110 valence electrons. The number of hydrogen-bond acceptors (Lipinski definition) is 5. The Kier molecular flexibility index (Phi) is 4.77. The van der Waals surface area contributed by atoms with Crippen LogP contribution in [-0.2, 0) is 24.5 Å². The molecule has 0 amide bonds. The summed E-state index contributed by atoms with van der Waals surface area (Å²) in [5.74, 6) is -0.494. The molecule has 0 aromatic heterocycles. The molecule has 0 unspecified atom stereocenters. The molecule has 19 heavy (non-hydrogen) atoms. The Morgan fingerprint density at radius 1 is 1.37 bits per heavy atom. The molecule has 2 aliphatic rings. The van der Waals surface area contributed by atoms with Crippen molar-refractivity contribution in [1.29, 1.82) is 0 Å². The quantitative estimate of drug-likeness (QED) is 0.622. The Hall–Kier alpha value is -0.700. The third kappa shape index (κ3) is 3.65. The predicted octanol–water partition coefficient (Wildman–Crippen LogP) is -0.409. The molecule has 0 radical (unpaired) electrons. The van der Waals surface area contributed by atoms with Crippen LogP contribution in [0.5, 0.6) is 0 Å². The minimum absolute atomic E-state index is 0.0581. The highest BCUT2D eigenvalue weighted by Gasteiger charge is 2.42. The van der Waals surface area contributed by atoms with Gasteiger partial charge in [-0.15, -0.1) is 0 Å². The third-order valence-electron chi connectivity index (χ3n) is 3.14. The van der Waals surface area contributed by atoms with E-state index in [-0.39, 0.29) is 19.2 Å². The summed E-state index contributed by atoms with van der Waals surface area (Å²) in [5, 5.41) is 0. The van der Waals surface area contributed by atoms with E-state index in [2.05, 4.69) is 0 Å². The number of ether oxygens (including phenoxy) is 2. The zero-order valence-corrected chi connectivity index (χ0v) is 11.9. The molecular formula is C11H20N2O5S. The van der Waals surface area contributed by atoms with Crippen molar-refractivity contribution in [3.8, 4) is 0 Å². The van der Waals surface area contributed by atoms with Gasteiger partial charge in [0.15, 0.2) is 0 Å². The van der Waals surface area contributed by atoms with Gasteiger partial charge < -0.3 is 9.47 Å². The van der Waals surface area contributed by atoms with E-state index >= 15 is 0 Å². The van der Waals surface area contributed by atoms with E-state index in [9.17, 15) is 13.2 Å². The maximum atomic E-state index is 12.5. The van der Waals surface area contributed by atoms with Crippen LogP contribution in [-0.4, -0.2) is 68.5 Å². The molecule has 0 spiro atoms. The summed E-state index contributed by atoms with van der Waals surface area (Å²) < 4.78 is 37.6. The molecule has 7 nitrogen and oxygen atoms in total. The van der Waals surface area contributed by atoms with Gasteiger partial charge in [-0.3, -0.25) is 4.79 Å². The van der Waals surface area contributed by atoms with Crippen LogP contribution < -0.4 is 0 Å². The van der Waals surface area contributed by atoms with E-state index < -0.39 is 16.2 Å². The number of rotatable bonds is 6. The predicted molar refractivity (Wildman–Crippen MR) is 67.7 cm³/mol. The fourth-order valence-corrected chi connectivity index (χ4v) is 3.78. The van der Waals surface area contributed by atoms with E-state index in [0.29, 0.717) is 26.3 Å². The molecule has 1 saturated heterocycles. The molecule has 1 aliphatic carbocycles. The van der Waals surface area contributed by atoms with Gasteiger partial charge in [-0.25, -0.2) is 0 Å². The second-order valence-electron chi connectivity index (χ2n) is 4.60. The van der Waals surface area contributed by atoms with Gasteiger partial charge in [0.05, 0.1) is 19.8 Å². The first-order valence-corrected chi connectivity index (χ1v) is 7.95. The van der Waals surface area contributed by atoms with Crippen molar-refractivity contribution in [2.24, 2.45) is 0 Å². The van der Waals surface area contributed by atoms with Crippen LogP contribution >= 0.6 is 0 Å². The summed E-state index contributed by atoms with van der Waals surface area (Å²) in [6.45, 7) is 3.25. The number of morpholine rings is 1. The lowest BCUT2D eigenvalue weighted by atomic mass is 10.5. The van der Waals surface area contributed by atoms with Crippen molar-refractivity contribution < 1.29 is 22.7 Å². The average molecular weight is 292 g/mol. The van der Waals surface area contributed by atoms with Crippen molar-refractivity contribution >= 4 is 16.2 Å². The van der Waals surface area contributed by atoms with Crippen molar-refractivity contribution in [3.63, 3.8) is 0 Å². The van der Waals surface area contributed by atoms with Gasteiger partial charge in [-0.2, -0.15) is 17.0 Å². The topological polar surface area (TPSA) is 76.2 Å². The van der Waals surface area contributed by atoms with E-state index in [4.69, 9.17) is 9.47 Å². The maximum absolute atomic E-state index is 12.5. The monoisotopic (exact) mass is 292 g/mol. The highest BCUT2D eigenvalue weighted by molar-refractivity contribution is 7.86. The van der Waals surface area contributed by atoms with Crippen LogP contribution in [0.3, 0.4) is 0 Å². The third-order valence-corrected chi connectivity index (χ3v) is 5.17. The molecule has 0 atom stereocenters. The van der Waals surface area contributed by atoms with Crippen molar-refractivity contribution in [2.75, 3.05) is 39.5 Å². The van der Waals surface area contributed by atoms with E-state index in [1.54, 1.807) is 6.92 Å². The molecule has 1 heterocycles. The van der Waals surface area contributed by atoms with Crippen LogP contribution in [0.1, 0.15) is 19.8 Å². The van der Waals surface area contributed by atoms with Crippen molar-refractivity contribution in [3.05, 3.63) is 0 Å². The normalized spacial score (nSPS) is 21.6. The van der Waals surface area contributed by atoms with E-state index in [1.165, 1.54) is 8.61 Å². The SMILES string of the molecule is CCOC(=O)CN(C1CC1)S(=O)(=O)N1CCOCC1. The Balaban J connectivity index is 2.06. The highest BCUT2D eigenvalue weighted by Crippen LogP contribution is 2.30. The fraction of sp³-hybridized carbons (Fsp3) is 0.909. The van der Waals surface area contributed by atoms with Crippen LogP contribution in [0.2, 0.25) is 0 Å². The summed E-state index contributed by atoms with van der Waals surface area (Å²) in [6, 6.07) is -0.0581.